The number of anilines is 1. The van der Waals surface area contributed by atoms with Crippen LogP contribution in [0.2, 0.25) is 0 Å². The summed E-state index contributed by atoms with van der Waals surface area (Å²) in [7, 11) is 0. The van der Waals surface area contributed by atoms with Crippen LogP contribution in [-0.2, 0) is 0 Å². The summed E-state index contributed by atoms with van der Waals surface area (Å²) in [5, 5.41) is 0. The van der Waals surface area contributed by atoms with Crippen molar-refractivity contribution in [3.63, 3.8) is 0 Å². The molecule has 1 aromatic rings. The summed E-state index contributed by atoms with van der Waals surface area (Å²) in [4.78, 5) is 0. The van der Waals surface area contributed by atoms with E-state index in [1.54, 1.807) is 6.07 Å². The second-order valence-electron chi connectivity index (χ2n) is 4.17. The molecular weight excluding hydrogens is 193 g/mol. The van der Waals surface area contributed by atoms with E-state index in [-0.39, 0.29) is 5.82 Å². The van der Waals surface area contributed by atoms with Crippen LogP contribution in [0.1, 0.15) is 25.8 Å². The lowest BCUT2D eigenvalue weighted by atomic mass is 10.1. The van der Waals surface area contributed by atoms with Gasteiger partial charge in [0.15, 0.2) is 11.6 Å². The SMILES string of the molecule is Cc1cc(OCCC(C)C)c(F)cc1N. The van der Waals surface area contributed by atoms with Gasteiger partial charge in [0.1, 0.15) is 0 Å². The van der Waals surface area contributed by atoms with Crippen LogP contribution in [-0.4, -0.2) is 6.61 Å². The Balaban J connectivity index is 2.65. The fourth-order valence-corrected chi connectivity index (χ4v) is 1.19. The summed E-state index contributed by atoms with van der Waals surface area (Å²) in [5.41, 5.74) is 6.88. The van der Waals surface area contributed by atoms with Crippen molar-refractivity contribution in [3.05, 3.63) is 23.5 Å². The smallest absolute Gasteiger partial charge is 0.167 e. The Bertz CT molecular complexity index is 337. The molecule has 0 aliphatic carbocycles. The molecule has 0 radical (unpaired) electrons. The lowest BCUT2D eigenvalue weighted by Crippen LogP contribution is -2.03. The fourth-order valence-electron chi connectivity index (χ4n) is 1.19. The summed E-state index contributed by atoms with van der Waals surface area (Å²) < 4.78 is 18.7. The van der Waals surface area contributed by atoms with Gasteiger partial charge in [0.2, 0.25) is 0 Å². The number of rotatable bonds is 4. The molecule has 3 heteroatoms. The van der Waals surface area contributed by atoms with Crippen LogP contribution >= 0.6 is 0 Å². The Morgan fingerprint density at radius 1 is 1.40 bits per heavy atom. The first kappa shape index (κ1) is 11.8. The van der Waals surface area contributed by atoms with E-state index in [1.165, 1.54) is 6.07 Å². The molecular formula is C12H18FNO. The number of nitrogens with two attached hydrogens (primary N) is 1. The van der Waals surface area contributed by atoms with Crippen molar-refractivity contribution in [2.45, 2.75) is 27.2 Å². The molecule has 15 heavy (non-hydrogen) atoms. The molecule has 0 spiro atoms. The van der Waals surface area contributed by atoms with Crippen molar-refractivity contribution in [1.29, 1.82) is 0 Å². The van der Waals surface area contributed by atoms with Crippen LogP contribution < -0.4 is 10.5 Å². The monoisotopic (exact) mass is 211 g/mol. The number of hydrogen-bond acceptors (Lipinski definition) is 2. The Hall–Kier alpha value is -1.25. The molecule has 0 amide bonds. The van der Waals surface area contributed by atoms with Crippen LogP contribution in [0.4, 0.5) is 10.1 Å². The average Bonchev–Trinajstić information content (AvgIpc) is 2.13. The summed E-state index contributed by atoms with van der Waals surface area (Å²) in [5.74, 6) is 0.465. The van der Waals surface area contributed by atoms with Crippen LogP contribution in [0.3, 0.4) is 0 Å². The molecule has 0 saturated carbocycles. The number of nitrogen functional groups attached to an aromatic ring is 1. The van der Waals surface area contributed by atoms with Gasteiger partial charge in [-0.25, -0.2) is 4.39 Å². The van der Waals surface area contributed by atoms with Crippen LogP contribution in [0.5, 0.6) is 5.75 Å². The van der Waals surface area contributed by atoms with Crippen molar-refractivity contribution >= 4 is 5.69 Å². The Morgan fingerprint density at radius 3 is 2.67 bits per heavy atom. The normalized spacial score (nSPS) is 10.7. The van der Waals surface area contributed by atoms with Gasteiger partial charge >= 0.3 is 0 Å². The van der Waals surface area contributed by atoms with E-state index in [9.17, 15) is 4.39 Å². The van der Waals surface area contributed by atoms with E-state index >= 15 is 0 Å². The third kappa shape index (κ3) is 3.42. The number of benzene rings is 1. The largest absolute Gasteiger partial charge is 0.490 e. The molecule has 84 valence electrons. The lowest BCUT2D eigenvalue weighted by Gasteiger charge is -2.10. The van der Waals surface area contributed by atoms with Gasteiger partial charge in [-0.3, -0.25) is 0 Å². The standard InChI is InChI=1S/C12H18FNO/c1-8(2)4-5-15-12-6-9(3)11(14)7-10(12)13/h6-8H,4-5,14H2,1-3H3. The van der Waals surface area contributed by atoms with Crippen LogP contribution in [0.15, 0.2) is 12.1 Å². The van der Waals surface area contributed by atoms with Gasteiger partial charge in [-0.2, -0.15) is 0 Å². The highest BCUT2D eigenvalue weighted by atomic mass is 19.1. The van der Waals surface area contributed by atoms with Crippen molar-refractivity contribution in [2.75, 3.05) is 12.3 Å². The summed E-state index contributed by atoms with van der Waals surface area (Å²) >= 11 is 0. The molecule has 0 aliphatic heterocycles. The molecule has 1 aromatic carbocycles. The van der Waals surface area contributed by atoms with Crippen molar-refractivity contribution in [3.8, 4) is 5.75 Å². The zero-order valence-electron chi connectivity index (χ0n) is 9.51. The maximum Gasteiger partial charge on any atom is 0.167 e. The third-order valence-electron chi connectivity index (χ3n) is 2.27. The number of ether oxygens (including phenoxy) is 1. The van der Waals surface area contributed by atoms with E-state index < -0.39 is 0 Å². The maximum atomic E-state index is 13.3. The minimum absolute atomic E-state index is 0.294. The molecule has 0 unspecified atom stereocenters. The summed E-state index contributed by atoms with van der Waals surface area (Å²) in [6, 6.07) is 2.95. The van der Waals surface area contributed by atoms with Crippen LogP contribution in [0, 0.1) is 18.7 Å². The summed E-state index contributed by atoms with van der Waals surface area (Å²) in [6.45, 7) is 6.59. The van der Waals surface area contributed by atoms with E-state index in [0.717, 1.165) is 12.0 Å². The van der Waals surface area contributed by atoms with Gasteiger partial charge in [-0.05, 0) is 30.9 Å². The van der Waals surface area contributed by atoms with E-state index in [0.29, 0.717) is 24.0 Å². The number of hydrogen-bond donors (Lipinski definition) is 1. The predicted octanol–water partition coefficient (Wildman–Crippen LogP) is 3.14. The minimum atomic E-state index is -0.387. The lowest BCUT2D eigenvalue weighted by molar-refractivity contribution is 0.276. The zero-order valence-corrected chi connectivity index (χ0v) is 9.51. The van der Waals surface area contributed by atoms with Gasteiger partial charge in [0, 0.05) is 11.8 Å². The van der Waals surface area contributed by atoms with Crippen molar-refractivity contribution < 1.29 is 9.13 Å². The number of aryl methyl sites for hydroxylation is 1. The highest BCUT2D eigenvalue weighted by Crippen LogP contribution is 2.23. The average molecular weight is 211 g/mol. The van der Waals surface area contributed by atoms with E-state index in [2.05, 4.69) is 13.8 Å². The van der Waals surface area contributed by atoms with Crippen LogP contribution in [0.25, 0.3) is 0 Å². The molecule has 0 aromatic heterocycles. The first-order valence-corrected chi connectivity index (χ1v) is 5.19. The highest BCUT2D eigenvalue weighted by molar-refractivity contribution is 5.50. The Labute approximate surface area is 90.2 Å². The third-order valence-corrected chi connectivity index (χ3v) is 2.27. The Kier molecular flexibility index (Phi) is 3.95. The Morgan fingerprint density at radius 2 is 2.07 bits per heavy atom. The predicted molar refractivity (Wildman–Crippen MR) is 60.5 cm³/mol. The molecule has 0 heterocycles. The molecule has 2 N–H and O–H groups in total. The first-order chi connectivity index (χ1) is 7.00. The fraction of sp³-hybridized carbons (Fsp3) is 0.500. The van der Waals surface area contributed by atoms with Gasteiger partial charge in [-0.15, -0.1) is 0 Å². The molecule has 0 bridgehead atoms. The molecule has 0 aliphatic rings. The minimum Gasteiger partial charge on any atom is -0.490 e. The molecule has 2 nitrogen and oxygen atoms in total. The zero-order chi connectivity index (χ0) is 11.4. The van der Waals surface area contributed by atoms with E-state index in [1.807, 2.05) is 6.92 Å². The van der Waals surface area contributed by atoms with Gasteiger partial charge < -0.3 is 10.5 Å². The second-order valence-corrected chi connectivity index (χ2v) is 4.17. The maximum absolute atomic E-state index is 13.3. The second kappa shape index (κ2) is 5.01. The van der Waals surface area contributed by atoms with Gasteiger partial charge in [0.05, 0.1) is 6.61 Å². The highest BCUT2D eigenvalue weighted by Gasteiger charge is 2.06. The van der Waals surface area contributed by atoms with Gasteiger partial charge in [0.25, 0.3) is 0 Å². The molecule has 0 saturated heterocycles. The van der Waals surface area contributed by atoms with Crippen molar-refractivity contribution in [2.24, 2.45) is 5.92 Å². The van der Waals surface area contributed by atoms with Crippen molar-refractivity contribution in [1.82, 2.24) is 0 Å². The quantitative estimate of drug-likeness (QED) is 0.776. The first-order valence-electron chi connectivity index (χ1n) is 5.19. The molecule has 0 atom stereocenters. The summed E-state index contributed by atoms with van der Waals surface area (Å²) in [6.07, 6.45) is 0.920. The topological polar surface area (TPSA) is 35.2 Å². The molecule has 1 rings (SSSR count). The number of halogens is 1. The van der Waals surface area contributed by atoms with E-state index in [4.69, 9.17) is 10.5 Å². The molecule has 0 fully saturated rings. The van der Waals surface area contributed by atoms with Gasteiger partial charge in [-0.1, -0.05) is 13.8 Å².